The van der Waals surface area contributed by atoms with Crippen LogP contribution >= 0.6 is 0 Å². The quantitative estimate of drug-likeness (QED) is 0.518. The van der Waals surface area contributed by atoms with Crippen molar-refractivity contribution in [3.8, 4) is 0 Å². The first-order valence-corrected chi connectivity index (χ1v) is 10.1. The second kappa shape index (κ2) is 10.1. The van der Waals surface area contributed by atoms with Crippen molar-refractivity contribution in [3.63, 3.8) is 0 Å². The molecule has 1 aliphatic rings. The van der Waals surface area contributed by atoms with Gasteiger partial charge in [0.25, 0.3) is 11.8 Å². The molecule has 0 radical (unpaired) electrons. The van der Waals surface area contributed by atoms with Crippen LogP contribution in [-0.4, -0.2) is 51.1 Å². The summed E-state index contributed by atoms with van der Waals surface area (Å²) in [6.07, 6.45) is 0.880. The average molecular weight is 400 g/mol. The number of hydrogen-bond donors (Lipinski definition) is 4. The van der Waals surface area contributed by atoms with Gasteiger partial charge in [-0.3, -0.25) is 9.59 Å². The smallest absolute Gasteiger partial charge is 0.279 e. The number of benzene rings is 2. The molecule has 0 spiro atoms. The summed E-state index contributed by atoms with van der Waals surface area (Å²) in [5.41, 5.74) is 2.63. The highest BCUT2D eigenvalue weighted by Crippen LogP contribution is 2.14. The zero-order valence-electron chi connectivity index (χ0n) is 16.8. The number of amides is 2. The molecule has 1 aliphatic heterocycles. The van der Waals surface area contributed by atoms with Crippen LogP contribution in [0, 0.1) is 5.82 Å². The third kappa shape index (κ3) is 6.37. The Hall–Kier alpha value is -2.77. The van der Waals surface area contributed by atoms with Crippen molar-refractivity contribution in [1.82, 2.24) is 0 Å². The molecule has 0 saturated carbocycles. The molecule has 7 heteroatoms. The van der Waals surface area contributed by atoms with Gasteiger partial charge in [-0.1, -0.05) is 25.1 Å². The van der Waals surface area contributed by atoms with E-state index in [1.807, 2.05) is 24.3 Å². The van der Waals surface area contributed by atoms with Crippen molar-refractivity contribution in [1.29, 1.82) is 0 Å². The van der Waals surface area contributed by atoms with Crippen molar-refractivity contribution in [2.24, 2.45) is 0 Å². The largest absolute Gasteiger partial charge is 0.321 e. The molecule has 1 heterocycles. The summed E-state index contributed by atoms with van der Waals surface area (Å²) in [7, 11) is 0. The lowest BCUT2D eigenvalue weighted by molar-refractivity contribution is -1.00. The van der Waals surface area contributed by atoms with Crippen molar-refractivity contribution < 1.29 is 23.8 Å². The number of anilines is 2. The number of quaternary nitrogens is 2. The number of rotatable bonds is 7. The van der Waals surface area contributed by atoms with Crippen LogP contribution in [0.25, 0.3) is 0 Å². The molecule has 1 fully saturated rings. The third-order valence-corrected chi connectivity index (χ3v) is 5.29. The highest BCUT2D eigenvalue weighted by atomic mass is 19.1. The van der Waals surface area contributed by atoms with Gasteiger partial charge < -0.3 is 20.4 Å². The zero-order chi connectivity index (χ0) is 20.6. The number of piperazine rings is 1. The molecule has 29 heavy (non-hydrogen) atoms. The van der Waals surface area contributed by atoms with Crippen molar-refractivity contribution in [2.45, 2.75) is 13.3 Å². The number of aryl methyl sites for hydroxylation is 1. The number of para-hydroxylation sites is 1. The Morgan fingerprint density at radius 2 is 1.41 bits per heavy atom. The van der Waals surface area contributed by atoms with Gasteiger partial charge in [-0.15, -0.1) is 0 Å². The van der Waals surface area contributed by atoms with E-state index in [4.69, 9.17) is 0 Å². The Morgan fingerprint density at radius 3 is 2.00 bits per heavy atom. The van der Waals surface area contributed by atoms with E-state index >= 15 is 0 Å². The Kier molecular flexibility index (Phi) is 7.32. The molecule has 0 atom stereocenters. The number of halogens is 1. The molecule has 6 nitrogen and oxygen atoms in total. The standard InChI is InChI=1S/C22H27FN4O2/c1-2-17-5-3-4-6-20(17)25-22(29)16-27-13-11-26(12-14-27)15-21(28)24-19-9-7-18(23)8-10-19/h3-10H,2,11-16H2,1H3,(H,24,28)(H,25,29)/p+2. The molecule has 2 aromatic rings. The molecule has 4 N–H and O–H groups in total. The van der Waals surface area contributed by atoms with E-state index < -0.39 is 0 Å². The Bertz CT molecular complexity index is 833. The predicted molar refractivity (Wildman–Crippen MR) is 111 cm³/mol. The maximum atomic E-state index is 12.9. The van der Waals surface area contributed by atoms with E-state index in [1.54, 1.807) is 12.1 Å². The summed E-state index contributed by atoms with van der Waals surface area (Å²) in [6.45, 7) is 6.26. The normalized spacial score (nSPS) is 18.8. The molecule has 3 rings (SSSR count). The first-order valence-electron chi connectivity index (χ1n) is 10.1. The van der Waals surface area contributed by atoms with Crippen molar-refractivity contribution >= 4 is 23.2 Å². The minimum absolute atomic E-state index is 0.0263. The fourth-order valence-electron chi connectivity index (χ4n) is 3.65. The minimum atomic E-state index is -0.324. The lowest BCUT2D eigenvalue weighted by Crippen LogP contribution is -3.28. The topological polar surface area (TPSA) is 67.1 Å². The van der Waals surface area contributed by atoms with Gasteiger partial charge in [0.15, 0.2) is 13.1 Å². The summed E-state index contributed by atoms with van der Waals surface area (Å²) >= 11 is 0. The molecule has 0 bridgehead atoms. The van der Waals surface area contributed by atoms with Gasteiger partial charge in [0.2, 0.25) is 0 Å². The van der Waals surface area contributed by atoms with Crippen LogP contribution in [0.15, 0.2) is 48.5 Å². The van der Waals surface area contributed by atoms with Gasteiger partial charge >= 0.3 is 0 Å². The molecular weight excluding hydrogens is 371 g/mol. The van der Waals surface area contributed by atoms with E-state index in [1.165, 1.54) is 21.9 Å². The van der Waals surface area contributed by atoms with Crippen LogP contribution in [-0.2, 0) is 16.0 Å². The molecule has 154 valence electrons. The van der Waals surface area contributed by atoms with Gasteiger partial charge in [-0.2, -0.15) is 0 Å². The van der Waals surface area contributed by atoms with Crippen LogP contribution in [0.3, 0.4) is 0 Å². The molecule has 0 aromatic heterocycles. The van der Waals surface area contributed by atoms with Crippen molar-refractivity contribution in [2.75, 3.05) is 49.9 Å². The van der Waals surface area contributed by atoms with Gasteiger partial charge in [-0.05, 0) is 42.3 Å². The number of carbonyl (C=O) groups is 2. The predicted octanol–water partition coefficient (Wildman–Crippen LogP) is -0.251. The summed E-state index contributed by atoms with van der Waals surface area (Å²) in [6, 6.07) is 13.6. The summed E-state index contributed by atoms with van der Waals surface area (Å²) in [5.74, 6) is -0.377. The molecule has 0 unspecified atom stereocenters. The summed E-state index contributed by atoms with van der Waals surface area (Å²) in [5, 5.41) is 5.83. The monoisotopic (exact) mass is 400 g/mol. The van der Waals surface area contributed by atoms with E-state index in [0.717, 1.165) is 43.9 Å². The maximum Gasteiger partial charge on any atom is 0.279 e. The van der Waals surface area contributed by atoms with Crippen LogP contribution in [0.5, 0.6) is 0 Å². The highest BCUT2D eigenvalue weighted by molar-refractivity contribution is 5.92. The first-order chi connectivity index (χ1) is 14.0. The molecule has 0 aliphatic carbocycles. The Labute approximate surface area is 170 Å². The fraction of sp³-hybridized carbons (Fsp3) is 0.364. The van der Waals surface area contributed by atoms with E-state index in [2.05, 4.69) is 17.6 Å². The summed E-state index contributed by atoms with van der Waals surface area (Å²) in [4.78, 5) is 27.0. The van der Waals surface area contributed by atoms with E-state index in [9.17, 15) is 14.0 Å². The number of hydrogen-bond acceptors (Lipinski definition) is 2. The number of carbonyl (C=O) groups excluding carboxylic acids is 2. The minimum Gasteiger partial charge on any atom is -0.321 e. The van der Waals surface area contributed by atoms with Gasteiger partial charge in [0.1, 0.15) is 32.0 Å². The molecule has 2 amide bonds. The van der Waals surface area contributed by atoms with Gasteiger partial charge in [-0.25, -0.2) is 4.39 Å². The van der Waals surface area contributed by atoms with Gasteiger partial charge in [0.05, 0.1) is 0 Å². The Balaban J connectivity index is 1.40. The fourth-order valence-corrected chi connectivity index (χ4v) is 3.65. The first kappa shape index (κ1) is 21.0. The second-order valence-electron chi connectivity index (χ2n) is 7.47. The average Bonchev–Trinajstić information content (AvgIpc) is 2.71. The van der Waals surface area contributed by atoms with E-state index in [0.29, 0.717) is 18.8 Å². The second-order valence-corrected chi connectivity index (χ2v) is 7.47. The highest BCUT2D eigenvalue weighted by Gasteiger charge is 2.26. The SMILES string of the molecule is CCc1ccccc1NC(=O)C[NH+]1CC[NH+](CC(=O)Nc2ccc(F)cc2)CC1. The third-order valence-electron chi connectivity index (χ3n) is 5.29. The maximum absolute atomic E-state index is 12.9. The van der Waals surface area contributed by atoms with E-state index in [-0.39, 0.29) is 17.6 Å². The lowest BCUT2D eigenvalue weighted by atomic mass is 10.1. The zero-order valence-corrected chi connectivity index (χ0v) is 16.8. The van der Waals surface area contributed by atoms with Crippen LogP contribution in [0.2, 0.25) is 0 Å². The van der Waals surface area contributed by atoms with Crippen molar-refractivity contribution in [3.05, 3.63) is 59.9 Å². The van der Waals surface area contributed by atoms with Gasteiger partial charge in [0, 0.05) is 11.4 Å². The van der Waals surface area contributed by atoms with Crippen LogP contribution in [0.1, 0.15) is 12.5 Å². The Morgan fingerprint density at radius 1 is 0.862 bits per heavy atom. The molecule has 1 saturated heterocycles. The molecule has 2 aromatic carbocycles. The molecular formula is C22H29FN4O2+2. The van der Waals surface area contributed by atoms with Crippen LogP contribution in [0.4, 0.5) is 15.8 Å². The van der Waals surface area contributed by atoms with Crippen LogP contribution < -0.4 is 20.4 Å². The summed E-state index contributed by atoms with van der Waals surface area (Å²) < 4.78 is 12.9. The lowest BCUT2D eigenvalue weighted by Gasteiger charge is -2.29. The number of nitrogens with one attached hydrogen (secondary N) is 4.